The second kappa shape index (κ2) is 9.34. The molecule has 18 heavy (non-hydrogen) atoms. The summed E-state index contributed by atoms with van der Waals surface area (Å²) in [4.78, 5) is 14.1. The Kier molecular flexibility index (Phi) is 8.01. The molecule has 0 spiro atoms. The lowest BCUT2D eigenvalue weighted by atomic mass is 10.0. The van der Waals surface area contributed by atoms with Crippen molar-refractivity contribution in [3.8, 4) is 0 Å². The molecule has 0 aromatic heterocycles. The highest BCUT2D eigenvalue weighted by atomic mass is 16.3. The first-order valence-electron chi connectivity index (χ1n) is 7.40. The normalized spacial score (nSPS) is 15.4. The zero-order valence-corrected chi connectivity index (χ0v) is 11.7. The van der Waals surface area contributed by atoms with E-state index in [2.05, 4.69) is 12.2 Å². The number of carbonyl (C=O) groups excluding carboxylic acids is 1. The largest absolute Gasteiger partial charge is 0.396 e. The molecule has 0 aromatic carbocycles. The summed E-state index contributed by atoms with van der Waals surface area (Å²) < 4.78 is 0. The number of carbonyl (C=O) groups is 1. The van der Waals surface area contributed by atoms with Crippen molar-refractivity contribution in [3.05, 3.63) is 0 Å². The van der Waals surface area contributed by atoms with Gasteiger partial charge < -0.3 is 15.3 Å². The van der Waals surface area contributed by atoms with Gasteiger partial charge in [0, 0.05) is 32.8 Å². The van der Waals surface area contributed by atoms with Crippen LogP contribution in [-0.4, -0.2) is 48.7 Å². The molecule has 1 heterocycles. The molecule has 4 nitrogen and oxygen atoms in total. The van der Waals surface area contributed by atoms with Gasteiger partial charge in [-0.05, 0) is 12.8 Å². The maximum atomic E-state index is 12.2. The average Bonchev–Trinajstić information content (AvgIpc) is 2.30. The molecule has 0 bridgehead atoms. The Hall–Kier alpha value is -0.610. The van der Waals surface area contributed by atoms with Crippen LogP contribution in [0.25, 0.3) is 0 Å². The molecule has 1 rings (SSSR count). The van der Waals surface area contributed by atoms with Crippen molar-refractivity contribution in [3.63, 3.8) is 0 Å². The van der Waals surface area contributed by atoms with Gasteiger partial charge in [0.1, 0.15) is 0 Å². The lowest BCUT2D eigenvalue weighted by Crippen LogP contribution is -2.52. The van der Waals surface area contributed by atoms with Crippen LogP contribution in [-0.2, 0) is 4.79 Å². The quantitative estimate of drug-likeness (QED) is 0.581. The number of unbranched alkanes of at least 4 members (excludes halogenated alkanes) is 4. The standard InChI is InChI=1S/C14H28N2O2/c1-2-3-4-5-6-8-16(9-7-10-17)14(18)13-11-15-12-13/h13,15,17H,2-12H2,1H3. The van der Waals surface area contributed by atoms with Gasteiger partial charge in [0.05, 0.1) is 5.92 Å². The van der Waals surface area contributed by atoms with Crippen LogP contribution in [0.15, 0.2) is 0 Å². The summed E-state index contributed by atoms with van der Waals surface area (Å²) in [5.41, 5.74) is 0. The first kappa shape index (κ1) is 15.4. The summed E-state index contributed by atoms with van der Waals surface area (Å²) in [5, 5.41) is 12.0. The predicted molar refractivity (Wildman–Crippen MR) is 73.4 cm³/mol. The Bertz CT molecular complexity index is 230. The monoisotopic (exact) mass is 256 g/mol. The molecule has 1 aliphatic rings. The maximum Gasteiger partial charge on any atom is 0.228 e. The summed E-state index contributed by atoms with van der Waals surface area (Å²) in [6.07, 6.45) is 6.80. The first-order valence-corrected chi connectivity index (χ1v) is 7.40. The highest BCUT2D eigenvalue weighted by Gasteiger charge is 2.28. The van der Waals surface area contributed by atoms with Crippen LogP contribution in [0.5, 0.6) is 0 Å². The zero-order chi connectivity index (χ0) is 13.2. The van der Waals surface area contributed by atoms with Crippen molar-refractivity contribution in [1.82, 2.24) is 10.2 Å². The average molecular weight is 256 g/mol. The molecule has 0 aromatic rings. The molecule has 1 fully saturated rings. The van der Waals surface area contributed by atoms with Crippen LogP contribution in [0.3, 0.4) is 0 Å². The molecule has 1 aliphatic heterocycles. The van der Waals surface area contributed by atoms with Crippen LogP contribution in [0, 0.1) is 5.92 Å². The molecule has 0 unspecified atom stereocenters. The van der Waals surface area contributed by atoms with E-state index in [1.165, 1.54) is 25.7 Å². The minimum atomic E-state index is 0.169. The zero-order valence-electron chi connectivity index (χ0n) is 11.7. The second-order valence-electron chi connectivity index (χ2n) is 5.17. The summed E-state index contributed by atoms with van der Waals surface area (Å²) in [7, 11) is 0. The van der Waals surface area contributed by atoms with Crippen LogP contribution in [0.2, 0.25) is 0 Å². The summed E-state index contributed by atoms with van der Waals surface area (Å²) in [5.74, 6) is 0.456. The molecule has 0 saturated carbocycles. The maximum absolute atomic E-state index is 12.2. The summed E-state index contributed by atoms with van der Waals surface area (Å²) in [6.45, 7) is 5.59. The van der Waals surface area contributed by atoms with Crippen LogP contribution in [0.4, 0.5) is 0 Å². The number of hydrogen-bond donors (Lipinski definition) is 2. The first-order chi connectivity index (χ1) is 8.79. The SMILES string of the molecule is CCCCCCCN(CCCO)C(=O)C1CNC1. The van der Waals surface area contributed by atoms with Crippen molar-refractivity contribution in [1.29, 1.82) is 0 Å². The topological polar surface area (TPSA) is 52.6 Å². The lowest BCUT2D eigenvalue weighted by Gasteiger charge is -2.32. The third kappa shape index (κ3) is 5.36. The van der Waals surface area contributed by atoms with Gasteiger partial charge in [0.25, 0.3) is 0 Å². The van der Waals surface area contributed by atoms with Crippen molar-refractivity contribution < 1.29 is 9.90 Å². The fraction of sp³-hybridized carbons (Fsp3) is 0.929. The molecule has 0 radical (unpaired) electrons. The number of aliphatic hydroxyl groups is 1. The van der Waals surface area contributed by atoms with E-state index in [4.69, 9.17) is 5.11 Å². The third-order valence-electron chi connectivity index (χ3n) is 3.56. The number of amides is 1. The highest BCUT2D eigenvalue weighted by Crippen LogP contribution is 2.11. The lowest BCUT2D eigenvalue weighted by molar-refractivity contribution is -0.137. The number of aliphatic hydroxyl groups excluding tert-OH is 1. The van der Waals surface area contributed by atoms with Crippen molar-refractivity contribution in [2.45, 2.75) is 45.4 Å². The highest BCUT2D eigenvalue weighted by molar-refractivity contribution is 5.80. The van der Waals surface area contributed by atoms with E-state index in [9.17, 15) is 4.79 Å². The predicted octanol–water partition coefficient (Wildman–Crippen LogP) is 1.39. The summed E-state index contributed by atoms with van der Waals surface area (Å²) in [6, 6.07) is 0. The van der Waals surface area contributed by atoms with Crippen molar-refractivity contribution in [2.24, 2.45) is 5.92 Å². The Balaban J connectivity index is 2.23. The Morgan fingerprint density at radius 2 is 1.83 bits per heavy atom. The van der Waals surface area contributed by atoms with E-state index in [1.807, 2.05) is 4.90 Å². The van der Waals surface area contributed by atoms with Gasteiger partial charge in [0.15, 0.2) is 0 Å². The number of hydrogen-bond acceptors (Lipinski definition) is 3. The van der Waals surface area contributed by atoms with Gasteiger partial charge in [0.2, 0.25) is 5.91 Å². The van der Waals surface area contributed by atoms with Gasteiger partial charge in [-0.3, -0.25) is 4.79 Å². The van der Waals surface area contributed by atoms with Crippen LogP contribution < -0.4 is 5.32 Å². The van der Waals surface area contributed by atoms with Gasteiger partial charge in [-0.1, -0.05) is 32.6 Å². The van der Waals surface area contributed by atoms with Gasteiger partial charge in [-0.25, -0.2) is 0 Å². The Morgan fingerprint density at radius 1 is 1.17 bits per heavy atom. The van der Waals surface area contributed by atoms with Gasteiger partial charge in [-0.2, -0.15) is 0 Å². The van der Waals surface area contributed by atoms with Crippen LogP contribution in [0.1, 0.15) is 45.4 Å². The molecule has 4 heteroatoms. The van der Waals surface area contributed by atoms with E-state index >= 15 is 0 Å². The van der Waals surface area contributed by atoms with E-state index in [0.29, 0.717) is 13.0 Å². The Morgan fingerprint density at radius 3 is 2.39 bits per heavy atom. The minimum absolute atomic E-state index is 0.169. The van der Waals surface area contributed by atoms with E-state index in [-0.39, 0.29) is 18.4 Å². The minimum Gasteiger partial charge on any atom is -0.396 e. The number of nitrogens with one attached hydrogen (secondary N) is 1. The van der Waals surface area contributed by atoms with Gasteiger partial charge >= 0.3 is 0 Å². The van der Waals surface area contributed by atoms with Gasteiger partial charge in [-0.15, -0.1) is 0 Å². The smallest absolute Gasteiger partial charge is 0.228 e. The molecule has 0 atom stereocenters. The van der Waals surface area contributed by atoms with E-state index in [1.54, 1.807) is 0 Å². The molecule has 2 N–H and O–H groups in total. The third-order valence-corrected chi connectivity index (χ3v) is 3.56. The molecular formula is C14H28N2O2. The molecule has 106 valence electrons. The summed E-state index contributed by atoms with van der Waals surface area (Å²) >= 11 is 0. The number of rotatable bonds is 10. The van der Waals surface area contributed by atoms with Crippen molar-refractivity contribution in [2.75, 3.05) is 32.8 Å². The molecule has 0 aliphatic carbocycles. The fourth-order valence-electron chi connectivity index (χ4n) is 2.22. The Labute approximate surface area is 111 Å². The molecule has 1 saturated heterocycles. The molecular weight excluding hydrogens is 228 g/mol. The second-order valence-corrected chi connectivity index (χ2v) is 5.17. The van der Waals surface area contributed by atoms with Crippen molar-refractivity contribution >= 4 is 5.91 Å². The fourth-order valence-corrected chi connectivity index (χ4v) is 2.22. The van der Waals surface area contributed by atoms with E-state index in [0.717, 1.165) is 26.1 Å². The molecule has 1 amide bonds. The van der Waals surface area contributed by atoms with E-state index < -0.39 is 0 Å². The number of nitrogens with zero attached hydrogens (tertiary/aromatic N) is 1. The van der Waals surface area contributed by atoms with Crippen LogP contribution >= 0.6 is 0 Å².